The van der Waals surface area contributed by atoms with Crippen molar-refractivity contribution in [2.24, 2.45) is 5.84 Å². The molecule has 0 radical (unpaired) electrons. The first-order valence-electron chi connectivity index (χ1n) is 6.03. The first-order valence-corrected chi connectivity index (χ1v) is 6.03. The summed E-state index contributed by atoms with van der Waals surface area (Å²) in [7, 11) is 1.40. The number of nitrogens with zero attached hydrogens (tertiary/aromatic N) is 1. The lowest BCUT2D eigenvalue weighted by Gasteiger charge is -2.16. The number of rotatable bonds is 7. The minimum atomic E-state index is -0.878. The largest absolute Gasteiger partial charge is 0.496 e. The highest BCUT2D eigenvalue weighted by Gasteiger charge is 2.24. The predicted molar refractivity (Wildman–Crippen MR) is 71.3 cm³/mol. The Hall–Kier alpha value is -2.35. The van der Waals surface area contributed by atoms with E-state index in [0.717, 1.165) is 0 Å². The summed E-state index contributed by atoms with van der Waals surface area (Å²) >= 11 is 0. The van der Waals surface area contributed by atoms with Gasteiger partial charge in [0.05, 0.1) is 18.1 Å². The van der Waals surface area contributed by atoms with E-state index in [9.17, 15) is 14.9 Å². The van der Waals surface area contributed by atoms with Crippen molar-refractivity contribution in [1.29, 1.82) is 0 Å². The van der Waals surface area contributed by atoms with E-state index in [1.54, 1.807) is 0 Å². The average molecular weight is 283 g/mol. The molecule has 0 saturated carbocycles. The zero-order chi connectivity index (χ0) is 15.1. The highest BCUT2D eigenvalue weighted by Crippen LogP contribution is 2.32. The summed E-state index contributed by atoms with van der Waals surface area (Å²) in [6.07, 6.45) is 0.186. The molecule has 1 aromatic rings. The third-order valence-electron chi connectivity index (χ3n) is 2.62. The van der Waals surface area contributed by atoms with Crippen LogP contribution in [0.2, 0.25) is 0 Å². The number of hydrogen-bond donors (Lipinski definition) is 2. The van der Waals surface area contributed by atoms with Crippen LogP contribution in [0.3, 0.4) is 0 Å². The topological polar surface area (TPSA) is 117 Å². The second-order valence-electron chi connectivity index (χ2n) is 3.99. The van der Waals surface area contributed by atoms with Gasteiger partial charge in [-0.3, -0.25) is 20.3 Å². The molecule has 20 heavy (non-hydrogen) atoms. The van der Waals surface area contributed by atoms with Gasteiger partial charge in [-0.15, -0.1) is 0 Å². The first-order chi connectivity index (χ1) is 9.53. The van der Waals surface area contributed by atoms with E-state index < -0.39 is 16.9 Å². The fourth-order valence-corrected chi connectivity index (χ4v) is 1.62. The van der Waals surface area contributed by atoms with Crippen LogP contribution < -0.4 is 20.7 Å². The Balaban J connectivity index is 3.05. The molecular formula is C12H17N3O5. The van der Waals surface area contributed by atoms with Crippen LogP contribution in [0.15, 0.2) is 18.2 Å². The van der Waals surface area contributed by atoms with Crippen molar-refractivity contribution in [3.63, 3.8) is 0 Å². The summed E-state index contributed by atoms with van der Waals surface area (Å²) in [6, 6.07) is 4.15. The second kappa shape index (κ2) is 7.29. The van der Waals surface area contributed by atoms with Crippen molar-refractivity contribution in [1.82, 2.24) is 5.43 Å². The number of nitro groups is 1. The van der Waals surface area contributed by atoms with Crippen LogP contribution in [-0.4, -0.2) is 24.0 Å². The molecule has 0 aromatic heterocycles. The minimum absolute atomic E-state index is 0.00199. The number of amides is 1. The molecule has 0 bridgehead atoms. The molecule has 1 amide bonds. The number of nitro benzene ring substituents is 1. The molecule has 110 valence electrons. The summed E-state index contributed by atoms with van der Waals surface area (Å²) < 4.78 is 10.3. The molecule has 0 aliphatic carbocycles. The van der Waals surface area contributed by atoms with Gasteiger partial charge in [0.15, 0.2) is 11.9 Å². The lowest BCUT2D eigenvalue weighted by Crippen LogP contribution is -2.42. The van der Waals surface area contributed by atoms with E-state index in [2.05, 4.69) is 0 Å². The maximum Gasteiger partial charge on any atom is 0.314 e. The van der Waals surface area contributed by atoms with Crippen molar-refractivity contribution in [3.05, 3.63) is 28.3 Å². The third kappa shape index (κ3) is 3.82. The molecule has 0 saturated heterocycles. The van der Waals surface area contributed by atoms with Crippen molar-refractivity contribution in [2.45, 2.75) is 25.9 Å². The summed E-state index contributed by atoms with van der Waals surface area (Å²) in [6.45, 7) is 1.86. The highest BCUT2D eigenvalue weighted by molar-refractivity contribution is 5.80. The fraction of sp³-hybridized carbons (Fsp3) is 0.417. The smallest absolute Gasteiger partial charge is 0.314 e. The molecule has 1 aromatic carbocycles. The van der Waals surface area contributed by atoms with Crippen LogP contribution in [0.25, 0.3) is 0 Å². The summed E-state index contributed by atoms with van der Waals surface area (Å²) in [5, 5.41) is 11.0. The average Bonchev–Trinajstić information content (AvgIpc) is 2.46. The monoisotopic (exact) mass is 283 g/mol. The number of methoxy groups -OCH3 is 1. The van der Waals surface area contributed by atoms with E-state index in [4.69, 9.17) is 15.3 Å². The normalized spacial score (nSPS) is 11.6. The zero-order valence-electron chi connectivity index (χ0n) is 11.3. The van der Waals surface area contributed by atoms with Crippen molar-refractivity contribution < 1.29 is 19.2 Å². The number of hydrazine groups is 1. The van der Waals surface area contributed by atoms with E-state index in [0.29, 0.717) is 18.6 Å². The molecule has 1 unspecified atom stereocenters. The van der Waals surface area contributed by atoms with E-state index in [1.165, 1.54) is 25.3 Å². The van der Waals surface area contributed by atoms with Crippen LogP contribution in [0.5, 0.6) is 11.5 Å². The summed E-state index contributed by atoms with van der Waals surface area (Å²) in [5.41, 5.74) is 1.71. The van der Waals surface area contributed by atoms with Gasteiger partial charge >= 0.3 is 5.69 Å². The zero-order valence-corrected chi connectivity index (χ0v) is 11.3. The third-order valence-corrected chi connectivity index (χ3v) is 2.62. The summed E-state index contributed by atoms with van der Waals surface area (Å²) in [4.78, 5) is 22.0. The molecule has 1 atom stereocenters. The Morgan fingerprint density at radius 1 is 1.55 bits per heavy atom. The van der Waals surface area contributed by atoms with Gasteiger partial charge in [0.25, 0.3) is 5.91 Å². The van der Waals surface area contributed by atoms with Crippen LogP contribution in [0, 0.1) is 10.1 Å². The van der Waals surface area contributed by atoms with Gasteiger partial charge in [-0.25, -0.2) is 5.84 Å². The maximum atomic E-state index is 11.6. The quantitative estimate of drug-likeness (QED) is 0.335. The SMILES string of the molecule is CCCC(Oc1ccc(OC)cc1[N+](=O)[O-])C(=O)NN. The number of carbonyl (C=O) groups is 1. The van der Waals surface area contributed by atoms with Crippen molar-refractivity contribution >= 4 is 11.6 Å². The van der Waals surface area contributed by atoms with E-state index >= 15 is 0 Å². The second-order valence-corrected chi connectivity index (χ2v) is 3.99. The van der Waals surface area contributed by atoms with Gasteiger partial charge < -0.3 is 9.47 Å². The number of benzene rings is 1. The molecule has 0 aliphatic heterocycles. The molecule has 0 fully saturated rings. The van der Waals surface area contributed by atoms with Crippen molar-refractivity contribution in [2.75, 3.05) is 7.11 Å². The summed E-state index contributed by atoms with van der Waals surface area (Å²) in [5.74, 6) is 4.87. The number of nitrogens with one attached hydrogen (secondary N) is 1. The lowest BCUT2D eigenvalue weighted by atomic mass is 10.2. The standard InChI is InChI=1S/C12H17N3O5/c1-3-4-11(12(16)14-13)20-10-6-5-8(19-2)7-9(10)15(17)18/h5-7,11H,3-4,13H2,1-2H3,(H,14,16). The molecule has 3 N–H and O–H groups in total. The Kier molecular flexibility index (Phi) is 5.73. The van der Waals surface area contributed by atoms with Crippen LogP contribution in [0.1, 0.15) is 19.8 Å². The fourth-order valence-electron chi connectivity index (χ4n) is 1.62. The maximum absolute atomic E-state index is 11.6. The molecule has 1 rings (SSSR count). The Morgan fingerprint density at radius 2 is 2.25 bits per heavy atom. The predicted octanol–water partition coefficient (Wildman–Crippen LogP) is 1.14. The van der Waals surface area contributed by atoms with Crippen LogP contribution in [-0.2, 0) is 4.79 Å². The Labute approximate surface area is 116 Å². The van der Waals surface area contributed by atoms with Gasteiger partial charge in [0.2, 0.25) is 0 Å². The molecular weight excluding hydrogens is 266 g/mol. The number of ether oxygens (including phenoxy) is 2. The molecule has 8 nitrogen and oxygen atoms in total. The Bertz CT molecular complexity index is 492. The highest BCUT2D eigenvalue weighted by atomic mass is 16.6. The van der Waals surface area contributed by atoms with Gasteiger partial charge in [-0.05, 0) is 18.6 Å². The van der Waals surface area contributed by atoms with Crippen LogP contribution >= 0.6 is 0 Å². The number of hydrogen-bond acceptors (Lipinski definition) is 6. The first kappa shape index (κ1) is 15.7. The van der Waals surface area contributed by atoms with Crippen LogP contribution in [0.4, 0.5) is 5.69 Å². The Morgan fingerprint density at radius 3 is 2.75 bits per heavy atom. The lowest BCUT2D eigenvalue weighted by molar-refractivity contribution is -0.386. The molecule has 8 heteroatoms. The van der Waals surface area contributed by atoms with Gasteiger partial charge in [-0.1, -0.05) is 13.3 Å². The van der Waals surface area contributed by atoms with Crippen molar-refractivity contribution in [3.8, 4) is 11.5 Å². The van der Waals surface area contributed by atoms with Gasteiger partial charge in [-0.2, -0.15) is 0 Å². The molecule has 0 aliphatic rings. The van der Waals surface area contributed by atoms with E-state index in [1.807, 2.05) is 12.3 Å². The van der Waals surface area contributed by atoms with Gasteiger partial charge in [0, 0.05) is 0 Å². The minimum Gasteiger partial charge on any atom is -0.496 e. The molecule has 0 heterocycles. The van der Waals surface area contributed by atoms with E-state index in [-0.39, 0.29) is 11.4 Å². The number of carbonyl (C=O) groups excluding carboxylic acids is 1. The number of nitrogens with two attached hydrogens (primary N) is 1. The molecule has 0 spiro atoms. The van der Waals surface area contributed by atoms with Gasteiger partial charge in [0.1, 0.15) is 5.75 Å².